The Morgan fingerprint density at radius 1 is 1.03 bits per heavy atom. The van der Waals surface area contributed by atoms with E-state index in [0.29, 0.717) is 23.4 Å². The standard InChI is InChI=1S/C23H25N3O4/c1-15-10-16(2)26(25-15)14-18-6-5-7-19(11-18)22(27)24-13-17-8-9-21(29-3)20(12-17)23(28)30-4/h5-12H,13-14H2,1-4H3,(H,24,27). The van der Waals surface area contributed by atoms with E-state index in [0.717, 1.165) is 22.5 Å². The van der Waals surface area contributed by atoms with Gasteiger partial charge in [-0.15, -0.1) is 0 Å². The van der Waals surface area contributed by atoms with Gasteiger partial charge in [0, 0.05) is 17.8 Å². The Labute approximate surface area is 175 Å². The van der Waals surface area contributed by atoms with Crippen LogP contribution in [0.4, 0.5) is 0 Å². The van der Waals surface area contributed by atoms with Crippen molar-refractivity contribution in [2.75, 3.05) is 14.2 Å². The number of amides is 1. The number of methoxy groups -OCH3 is 2. The van der Waals surface area contributed by atoms with Crippen LogP contribution in [0.15, 0.2) is 48.5 Å². The molecule has 0 fully saturated rings. The van der Waals surface area contributed by atoms with Gasteiger partial charge in [-0.25, -0.2) is 4.79 Å². The Hall–Kier alpha value is -3.61. The van der Waals surface area contributed by atoms with Crippen LogP contribution >= 0.6 is 0 Å². The summed E-state index contributed by atoms with van der Waals surface area (Å²) in [6, 6.07) is 14.6. The Morgan fingerprint density at radius 3 is 2.50 bits per heavy atom. The molecule has 156 valence electrons. The number of carbonyl (C=O) groups is 2. The number of benzene rings is 2. The van der Waals surface area contributed by atoms with Crippen LogP contribution in [0.2, 0.25) is 0 Å². The van der Waals surface area contributed by atoms with Crippen LogP contribution in [0.1, 0.15) is 43.2 Å². The van der Waals surface area contributed by atoms with E-state index >= 15 is 0 Å². The smallest absolute Gasteiger partial charge is 0.341 e. The minimum absolute atomic E-state index is 0.194. The third kappa shape index (κ3) is 4.86. The zero-order valence-electron chi connectivity index (χ0n) is 17.6. The summed E-state index contributed by atoms with van der Waals surface area (Å²) in [5, 5.41) is 7.36. The second-order valence-electron chi connectivity index (χ2n) is 6.99. The maximum atomic E-state index is 12.6. The molecule has 7 nitrogen and oxygen atoms in total. The molecule has 0 saturated carbocycles. The second kappa shape index (κ2) is 9.26. The Bertz CT molecular complexity index is 1070. The van der Waals surface area contributed by atoms with Crippen LogP contribution in [0.5, 0.6) is 5.75 Å². The van der Waals surface area contributed by atoms with Crippen molar-refractivity contribution in [3.05, 3.63) is 82.2 Å². The molecule has 0 unspecified atom stereocenters. The Balaban J connectivity index is 1.69. The van der Waals surface area contributed by atoms with Gasteiger partial charge < -0.3 is 14.8 Å². The predicted octanol–water partition coefficient (Wildman–Crippen LogP) is 3.27. The van der Waals surface area contributed by atoms with Crippen molar-refractivity contribution in [1.29, 1.82) is 0 Å². The van der Waals surface area contributed by atoms with E-state index in [4.69, 9.17) is 9.47 Å². The number of ether oxygens (including phenoxy) is 2. The summed E-state index contributed by atoms with van der Waals surface area (Å²) in [7, 11) is 2.80. The highest BCUT2D eigenvalue weighted by Crippen LogP contribution is 2.21. The molecule has 3 aromatic rings. The molecule has 3 rings (SSSR count). The number of carbonyl (C=O) groups excluding carboxylic acids is 2. The first kappa shape index (κ1) is 21.1. The maximum Gasteiger partial charge on any atom is 0.341 e. The van der Waals surface area contributed by atoms with E-state index in [1.807, 2.05) is 42.8 Å². The summed E-state index contributed by atoms with van der Waals surface area (Å²) < 4.78 is 11.9. The van der Waals surface area contributed by atoms with E-state index in [1.165, 1.54) is 14.2 Å². The number of hydrogen-bond donors (Lipinski definition) is 1. The molecule has 1 heterocycles. The topological polar surface area (TPSA) is 82.5 Å². The molecule has 0 aliphatic carbocycles. The fraction of sp³-hybridized carbons (Fsp3) is 0.261. The van der Waals surface area contributed by atoms with Crippen LogP contribution < -0.4 is 10.1 Å². The molecule has 1 aromatic heterocycles. The van der Waals surface area contributed by atoms with Gasteiger partial charge in [-0.3, -0.25) is 9.48 Å². The SMILES string of the molecule is COC(=O)c1cc(CNC(=O)c2cccc(Cn3nc(C)cc3C)c2)ccc1OC. The third-order valence-corrected chi connectivity index (χ3v) is 4.75. The molecule has 0 atom stereocenters. The second-order valence-corrected chi connectivity index (χ2v) is 6.99. The van der Waals surface area contributed by atoms with E-state index in [1.54, 1.807) is 24.3 Å². The van der Waals surface area contributed by atoms with Gasteiger partial charge in [0.05, 0.1) is 26.5 Å². The zero-order valence-corrected chi connectivity index (χ0v) is 17.6. The summed E-state index contributed by atoms with van der Waals surface area (Å²) in [5.74, 6) is -0.258. The van der Waals surface area contributed by atoms with Crippen molar-refractivity contribution in [3.63, 3.8) is 0 Å². The number of aryl methyl sites for hydroxylation is 2. The van der Waals surface area contributed by atoms with E-state index in [-0.39, 0.29) is 12.5 Å². The monoisotopic (exact) mass is 407 g/mol. The van der Waals surface area contributed by atoms with Crippen molar-refractivity contribution >= 4 is 11.9 Å². The molecule has 0 bridgehead atoms. The lowest BCUT2D eigenvalue weighted by molar-refractivity contribution is 0.0597. The predicted molar refractivity (Wildman–Crippen MR) is 113 cm³/mol. The number of nitrogens with one attached hydrogen (secondary N) is 1. The van der Waals surface area contributed by atoms with E-state index in [2.05, 4.69) is 10.4 Å². The lowest BCUT2D eigenvalue weighted by Gasteiger charge is -2.11. The molecule has 0 saturated heterocycles. The molecular weight excluding hydrogens is 382 g/mol. The van der Waals surface area contributed by atoms with Gasteiger partial charge in [-0.05, 0) is 55.3 Å². The van der Waals surface area contributed by atoms with Gasteiger partial charge in [-0.2, -0.15) is 5.10 Å². The van der Waals surface area contributed by atoms with Gasteiger partial charge in [-0.1, -0.05) is 18.2 Å². The van der Waals surface area contributed by atoms with Gasteiger partial charge >= 0.3 is 5.97 Å². The number of hydrogen-bond acceptors (Lipinski definition) is 5. The van der Waals surface area contributed by atoms with Crippen molar-refractivity contribution in [2.24, 2.45) is 0 Å². The van der Waals surface area contributed by atoms with Gasteiger partial charge in [0.2, 0.25) is 0 Å². The maximum absolute atomic E-state index is 12.6. The average Bonchev–Trinajstić information content (AvgIpc) is 3.07. The highest BCUT2D eigenvalue weighted by Gasteiger charge is 2.14. The number of esters is 1. The first-order valence-corrected chi connectivity index (χ1v) is 9.54. The quantitative estimate of drug-likeness (QED) is 0.608. The molecule has 0 aliphatic rings. The number of rotatable bonds is 7. The van der Waals surface area contributed by atoms with Gasteiger partial charge in [0.15, 0.2) is 0 Å². The van der Waals surface area contributed by atoms with Crippen LogP contribution in [-0.4, -0.2) is 35.9 Å². The zero-order chi connectivity index (χ0) is 21.7. The lowest BCUT2D eigenvalue weighted by atomic mass is 10.1. The average molecular weight is 407 g/mol. The van der Waals surface area contributed by atoms with Gasteiger partial charge in [0.1, 0.15) is 11.3 Å². The molecule has 0 aliphatic heterocycles. The summed E-state index contributed by atoms with van der Waals surface area (Å²) in [6.45, 7) is 4.84. The first-order valence-electron chi connectivity index (χ1n) is 9.54. The third-order valence-electron chi connectivity index (χ3n) is 4.75. The largest absolute Gasteiger partial charge is 0.496 e. The molecule has 2 aromatic carbocycles. The minimum atomic E-state index is -0.489. The number of aromatic nitrogens is 2. The Kier molecular flexibility index (Phi) is 6.51. The normalized spacial score (nSPS) is 10.5. The fourth-order valence-corrected chi connectivity index (χ4v) is 3.24. The van der Waals surface area contributed by atoms with Crippen molar-refractivity contribution in [2.45, 2.75) is 26.9 Å². The van der Waals surface area contributed by atoms with Crippen molar-refractivity contribution < 1.29 is 19.1 Å². The van der Waals surface area contributed by atoms with Crippen LogP contribution in [-0.2, 0) is 17.8 Å². The van der Waals surface area contributed by atoms with Crippen molar-refractivity contribution in [1.82, 2.24) is 15.1 Å². The molecule has 7 heteroatoms. The van der Waals surface area contributed by atoms with Crippen molar-refractivity contribution in [3.8, 4) is 5.75 Å². The summed E-state index contributed by atoms with van der Waals surface area (Å²) in [5.41, 5.74) is 4.68. The summed E-state index contributed by atoms with van der Waals surface area (Å²) in [6.07, 6.45) is 0. The molecule has 1 amide bonds. The molecule has 0 radical (unpaired) electrons. The molecular formula is C23H25N3O4. The number of nitrogens with zero attached hydrogens (tertiary/aromatic N) is 2. The summed E-state index contributed by atoms with van der Waals surface area (Å²) >= 11 is 0. The molecule has 30 heavy (non-hydrogen) atoms. The van der Waals surface area contributed by atoms with Crippen LogP contribution in [0.25, 0.3) is 0 Å². The van der Waals surface area contributed by atoms with E-state index in [9.17, 15) is 9.59 Å². The molecule has 0 spiro atoms. The first-order chi connectivity index (χ1) is 14.4. The summed E-state index contributed by atoms with van der Waals surface area (Å²) in [4.78, 5) is 24.6. The minimum Gasteiger partial charge on any atom is -0.496 e. The fourth-order valence-electron chi connectivity index (χ4n) is 3.24. The highest BCUT2D eigenvalue weighted by molar-refractivity contribution is 5.94. The van der Waals surface area contributed by atoms with Gasteiger partial charge in [0.25, 0.3) is 5.91 Å². The Morgan fingerprint density at radius 2 is 1.83 bits per heavy atom. The van der Waals surface area contributed by atoms with Crippen LogP contribution in [0, 0.1) is 13.8 Å². The van der Waals surface area contributed by atoms with E-state index < -0.39 is 5.97 Å². The van der Waals surface area contributed by atoms with Crippen LogP contribution in [0.3, 0.4) is 0 Å². The highest BCUT2D eigenvalue weighted by atomic mass is 16.5. The molecule has 1 N–H and O–H groups in total. The lowest BCUT2D eigenvalue weighted by Crippen LogP contribution is -2.23.